The van der Waals surface area contributed by atoms with Crippen molar-refractivity contribution >= 4 is 5.78 Å². The molecule has 0 atom stereocenters. The number of ketones is 1. The van der Waals surface area contributed by atoms with Crippen molar-refractivity contribution in [2.45, 2.75) is 58.5 Å². The number of ether oxygens (including phenoxy) is 1. The highest BCUT2D eigenvalue weighted by atomic mass is 16.5. The maximum Gasteiger partial charge on any atom is 0.161 e. The Balaban J connectivity index is 1.55. The van der Waals surface area contributed by atoms with Crippen LogP contribution in [0.1, 0.15) is 52.4 Å². The zero-order chi connectivity index (χ0) is 15.8. The molecule has 0 aromatic rings. The highest BCUT2D eigenvalue weighted by molar-refractivity contribution is 5.82. The second-order valence-electron chi connectivity index (χ2n) is 7.20. The van der Waals surface area contributed by atoms with Gasteiger partial charge in [0.2, 0.25) is 0 Å². The summed E-state index contributed by atoms with van der Waals surface area (Å²) >= 11 is 0. The van der Waals surface area contributed by atoms with Crippen molar-refractivity contribution in [1.29, 1.82) is 0 Å². The third-order valence-electron chi connectivity index (χ3n) is 5.00. The first-order valence-electron chi connectivity index (χ1n) is 9.24. The molecule has 128 valence electrons. The van der Waals surface area contributed by atoms with E-state index in [0.717, 1.165) is 25.9 Å². The highest BCUT2D eigenvalue weighted by Crippen LogP contribution is 2.19. The lowest BCUT2D eigenvalue weighted by Gasteiger charge is -2.32. The Bertz CT molecular complexity index is 319. The monoisotopic (exact) mass is 310 g/mol. The largest absolute Gasteiger partial charge is 0.371 e. The molecule has 2 aliphatic heterocycles. The molecule has 0 amide bonds. The van der Waals surface area contributed by atoms with Crippen LogP contribution in [0.4, 0.5) is 0 Å². The fourth-order valence-corrected chi connectivity index (χ4v) is 3.55. The lowest BCUT2D eigenvalue weighted by atomic mass is 9.92. The SMILES string of the molecule is CC(C)OCC(=O)C1CCN(CCCN2CCCCC2)CC1. The van der Waals surface area contributed by atoms with Gasteiger partial charge in [-0.2, -0.15) is 0 Å². The van der Waals surface area contributed by atoms with E-state index >= 15 is 0 Å². The molecule has 0 spiro atoms. The Labute approximate surface area is 136 Å². The van der Waals surface area contributed by atoms with E-state index in [9.17, 15) is 4.79 Å². The zero-order valence-corrected chi connectivity index (χ0v) is 14.6. The molecule has 4 heteroatoms. The number of nitrogens with zero attached hydrogens (tertiary/aromatic N) is 2. The van der Waals surface area contributed by atoms with Gasteiger partial charge in [0.1, 0.15) is 6.61 Å². The summed E-state index contributed by atoms with van der Waals surface area (Å²) in [5.41, 5.74) is 0. The van der Waals surface area contributed by atoms with Gasteiger partial charge < -0.3 is 14.5 Å². The van der Waals surface area contributed by atoms with Crippen LogP contribution in [0.5, 0.6) is 0 Å². The molecular formula is C18H34N2O2. The average Bonchev–Trinajstić information content (AvgIpc) is 2.54. The van der Waals surface area contributed by atoms with Crippen LogP contribution in [0.25, 0.3) is 0 Å². The van der Waals surface area contributed by atoms with E-state index in [1.54, 1.807) is 0 Å². The van der Waals surface area contributed by atoms with Crippen molar-refractivity contribution in [1.82, 2.24) is 9.80 Å². The Morgan fingerprint density at radius 1 is 1.00 bits per heavy atom. The first kappa shape index (κ1) is 17.9. The number of carbonyl (C=O) groups is 1. The molecule has 0 radical (unpaired) electrons. The highest BCUT2D eigenvalue weighted by Gasteiger charge is 2.24. The Hall–Kier alpha value is -0.450. The van der Waals surface area contributed by atoms with Crippen LogP contribution in [0, 0.1) is 5.92 Å². The van der Waals surface area contributed by atoms with E-state index in [4.69, 9.17) is 4.74 Å². The number of piperidine rings is 2. The standard InChI is InChI=1S/C18H34N2O2/c1-16(2)22-15-18(21)17-7-13-20(14-8-17)12-6-11-19-9-4-3-5-10-19/h16-17H,3-15H2,1-2H3. The van der Waals surface area contributed by atoms with Crippen LogP contribution in [-0.2, 0) is 9.53 Å². The van der Waals surface area contributed by atoms with Gasteiger partial charge in [-0.1, -0.05) is 6.42 Å². The second-order valence-corrected chi connectivity index (χ2v) is 7.20. The summed E-state index contributed by atoms with van der Waals surface area (Å²) in [6, 6.07) is 0. The van der Waals surface area contributed by atoms with Gasteiger partial charge in [-0.25, -0.2) is 0 Å². The van der Waals surface area contributed by atoms with Crippen LogP contribution >= 0.6 is 0 Å². The van der Waals surface area contributed by atoms with Crippen LogP contribution in [0.3, 0.4) is 0 Å². The molecule has 22 heavy (non-hydrogen) atoms. The van der Waals surface area contributed by atoms with E-state index in [-0.39, 0.29) is 12.0 Å². The molecule has 0 aromatic heterocycles. The fraction of sp³-hybridized carbons (Fsp3) is 0.944. The van der Waals surface area contributed by atoms with Crippen molar-refractivity contribution in [3.63, 3.8) is 0 Å². The van der Waals surface area contributed by atoms with E-state index in [0.29, 0.717) is 12.4 Å². The predicted octanol–water partition coefficient (Wildman–Crippen LogP) is 2.57. The number of hydrogen-bond donors (Lipinski definition) is 0. The van der Waals surface area contributed by atoms with Gasteiger partial charge in [-0.15, -0.1) is 0 Å². The minimum atomic E-state index is 0.152. The number of hydrogen-bond acceptors (Lipinski definition) is 4. The van der Waals surface area contributed by atoms with Gasteiger partial charge >= 0.3 is 0 Å². The molecule has 0 saturated carbocycles. The summed E-state index contributed by atoms with van der Waals surface area (Å²) in [6.07, 6.45) is 7.64. The predicted molar refractivity (Wildman–Crippen MR) is 90.2 cm³/mol. The minimum absolute atomic E-state index is 0.152. The number of likely N-dealkylation sites (tertiary alicyclic amines) is 2. The van der Waals surface area contributed by atoms with Gasteiger partial charge in [-0.3, -0.25) is 4.79 Å². The van der Waals surface area contributed by atoms with E-state index in [1.807, 2.05) is 13.8 Å². The summed E-state index contributed by atoms with van der Waals surface area (Å²) in [7, 11) is 0. The summed E-state index contributed by atoms with van der Waals surface area (Å²) in [4.78, 5) is 17.2. The molecule has 2 saturated heterocycles. The van der Waals surface area contributed by atoms with Crippen LogP contribution in [0.15, 0.2) is 0 Å². The second kappa shape index (κ2) is 9.64. The van der Waals surface area contributed by atoms with Crippen molar-refractivity contribution in [3.8, 4) is 0 Å². The molecule has 0 unspecified atom stereocenters. The number of Topliss-reactive ketones (excluding diaryl/α,β-unsaturated/α-hetero) is 1. The van der Waals surface area contributed by atoms with Crippen molar-refractivity contribution in [2.24, 2.45) is 5.92 Å². The van der Waals surface area contributed by atoms with Crippen LogP contribution in [-0.4, -0.2) is 67.6 Å². The van der Waals surface area contributed by atoms with Crippen molar-refractivity contribution in [2.75, 3.05) is 45.9 Å². The van der Waals surface area contributed by atoms with Crippen molar-refractivity contribution < 1.29 is 9.53 Å². The van der Waals surface area contributed by atoms with Crippen molar-refractivity contribution in [3.05, 3.63) is 0 Å². The topological polar surface area (TPSA) is 32.8 Å². The maximum absolute atomic E-state index is 12.1. The van der Waals surface area contributed by atoms with Gasteiger partial charge in [0.25, 0.3) is 0 Å². The lowest BCUT2D eigenvalue weighted by Crippen LogP contribution is -2.39. The molecule has 0 aromatic carbocycles. The normalized spacial score (nSPS) is 22.3. The van der Waals surface area contributed by atoms with Gasteiger partial charge in [-0.05, 0) is 85.2 Å². The number of rotatable bonds is 8. The van der Waals surface area contributed by atoms with Crippen LogP contribution in [0.2, 0.25) is 0 Å². The van der Waals surface area contributed by atoms with Gasteiger partial charge in [0.05, 0.1) is 6.10 Å². The van der Waals surface area contributed by atoms with Gasteiger partial charge in [0, 0.05) is 5.92 Å². The minimum Gasteiger partial charge on any atom is -0.371 e. The summed E-state index contributed by atoms with van der Waals surface area (Å²) in [5, 5.41) is 0. The molecule has 0 N–H and O–H groups in total. The van der Waals surface area contributed by atoms with Crippen LogP contribution < -0.4 is 0 Å². The smallest absolute Gasteiger partial charge is 0.161 e. The molecule has 4 nitrogen and oxygen atoms in total. The summed E-state index contributed by atoms with van der Waals surface area (Å²) in [6.45, 7) is 11.5. The lowest BCUT2D eigenvalue weighted by molar-refractivity contribution is -0.130. The molecule has 0 bridgehead atoms. The van der Waals surface area contributed by atoms with E-state index < -0.39 is 0 Å². The Morgan fingerprint density at radius 3 is 2.18 bits per heavy atom. The molecule has 2 heterocycles. The maximum atomic E-state index is 12.1. The summed E-state index contributed by atoms with van der Waals surface area (Å²) in [5.74, 6) is 0.541. The summed E-state index contributed by atoms with van der Waals surface area (Å²) < 4.78 is 5.45. The zero-order valence-electron chi connectivity index (χ0n) is 14.6. The molecular weight excluding hydrogens is 276 g/mol. The van der Waals surface area contributed by atoms with E-state index in [2.05, 4.69) is 9.80 Å². The Kier molecular flexibility index (Phi) is 7.84. The number of carbonyl (C=O) groups excluding carboxylic acids is 1. The average molecular weight is 310 g/mol. The molecule has 0 aliphatic carbocycles. The molecule has 2 rings (SSSR count). The fourth-order valence-electron chi connectivity index (χ4n) is 3.55. The first-order valence-corrected chi connectivity index (χ1v) is 9.24. The Morgan fingerprint density at radius 2 is 1.59 bits per heavy atom. The van der Waals surface area contributed by atoms with E-state index in [1.165, 1.54) is 51.9 Å². The third-order valence-corrected chi connectivity index (χ3v) is 5.00. The first-order chi connectivity index (χ1) is 10.6. The molecule has 2 aliphatic rings. The quantitative estimate of drug-likeness (QED) is 0.690. The molecule has 2 fully saturated rings. The third kappa shape index (κ3) is 6.35. The van der Waals surface area contributed by atoms with Gasteiger partial charge in [0.15, 0.2) is 5.78 Å².